The summed E-state index contributed by atoms with van der Waals surface area (Å²) in [4.78, 5) is 0. The Kier molecular flexibility index (Phi) is 4.20. The standard InChI is InChI=1S/C18H24B2O3/c1-17(2)15-8-11-7-14(22-10-21-4)12(19)9-13(11)23-18(15,3)6-5-16(17)20/h7,9,15-16H,5-6,8,10H2,1-4H3/t15?,16-,18-/m0/s1. The largest absolute Gasteiger partial charge is 0.487 e. The van der Waals surface area contributed by atoms with Gasteiger partial charge in [0.2, 0.25) is 0 Å². The van der Waals surface area contributed by atoms with Crippen LogP contribution in [0.15, 0.2) is 12.1 Å². The van der Waals surface area contributed by atoms with Crippen molar-refractivity contribution in [2.75, 3.05) is 13.9 Å². The Morgan fingerprint density at radius 2 is 2.04 bits per heavy atom. The van der Waals surface area contributed by atoms with E-state index >= 15 is 0 Å². The Bertz CT molecular complexity index is 602. The van der Waals surface area contributed by atoms with Crippen molar-refractivity contribution in [1.29, 1.82) is 0 Å². The fraction of sp³-hybridized carbons (Fsp3) is 0.667. The number of benzene rings is 1. The van der Waals surface area contributed by atoms with Gasteiger partial charge in [0.1, 0.15) is 24.9 Å². The van der Waals surface area contributed by atoms with E-state index in [-0.39, 0.29) is 23.6 Å². The zero-order valence-corrected chi connectivity index (χ0v) is 14.5. The van der Waals surface area contributed by atoms with Crippen molar-refractivity contribution in [3.63, 3.8) is 0 Å². The second-order valence-electron chi connectivity index (χ2n) is 7.69. The van der Waals surface area contributed by atoms with Gasteiger partial charge in [-0.25, -0.2) is 0 Å². The van der Waals surface area contributed by atoms with Crippen molar-refractivity contribution < 1.29 is 14.2 Å². The van der Waals surface area contributed by atoms with Crippen LogP contribution in [0.25, 0.3) is 0 Å². The Hall–Kier alpha value is -1.09. The van der Waals surface area contributed by atoms with Crippen LogP contribution in [0.3, 0.4) is 0 Å². The third-order valence-electron chi connectivity index (χ3n) is 5.83. The van der Waals surface area contributed by atoms with E-state index in [0.717, 1.165) is 30.6 Å². The molecule has 3 nitrogen and oxygen atoms in total. The number of fused-ring (bicyclic) bond motifs is 2. The molecule has 1 unspecified atom stereocenters. The summed E-state index contributed by atoms with van der Waals surface area (Å²) >= 11 is 0. The molecule has 0 saturated heterocycles. The van der Waals surface area contributed by atoms with Gasteiger partial charge < -0.3 is 14.2 Å². The predicted octanol–water partition coefficient (Wildman–Crippen LogP) is 2.55. The highest BCUT2D eigenvalue weighted by molar-refractivity contribution is 6.34. The molecule has 4 radical (unpaired) electrons. The van der Waals surface area contributed by atoms with Crippen LogP contribution < -0.4 is 14.9 Å². The van der Waals surface area contributed by atoms with Gasteiger partial charge in [0, 0.05) is 13.0 Å². The van der Waals surface area contributed by atoms with Gasteiger partial charge in [-0.05, 0) is 42.9 Å². The molecule has 5 heteroatoms. The first-order chi connectivity index (χ1) is 10.8. The van der Waals surface area contributed by atoms with Gasteiger partial charge in [-0.15, -0.1) is 0 Å². The third-order valence-corrected chi connectivity index (χ3v) is 5.83. The van der Waals surface area contributed by atoms with E-state index in [4.69, 9.17) is 29.9 Å². The minimum absolute atomic E-state index is 0.0274. The highest BCUT2D eigenvalue weighted by Crippen LogP contribution is 2.56. The van der Waals surface area contributed by atoms with Crippen LogP contribution in [0.4, 0.5) is 0 Å². The molecular formula is C18H24B2O3. The number of methoxy groups -OCH3 is 1. The Labute approximate surface area is 141 Å². The lowest BCUT2D eigenvalue weighted by Crippen LogP contribution is -2.55. The molecule has 2 aliphatic rings. The van der Waals surface area contributed by atoms with Crippen LogP contribution in [0.2, 0.25) is 5.82 Å². The molecule has 1 aliphatic heterocycles. The normalized spacial score (nSPS) is 31.7. The molecule has 1 aromatic rings. The van der Waals surface area contributed by atoms with E-state index in [0.29, 0.717) is 17.1 Å². The summed E-state index contributed by atoms with van der Waals surface area (Å²) in [5, 5.41) is 0. The quantitative estimate of drug-likeness (QED) is 0.634. The van der Waals surface area contributed by atoms with E-state index in [1.54, 1.807) is 7.11 Å². The summed E-state index contributed by atoms with van der Waals surface area (Å²) < 4.78 is 17.0. The van der Waals surface area contributed by atoms with Gasteiger partial charge in [0.05, 0.1) is 7.85 Å². The predicted molar refractivity (Wildman–Crippen MR) is 93.1 cm³/mol. The topological polar surface area (TPSA) is 27.7 Å². The van der Waals surface area contributed by atoms with Crippen LogP contribution in [-0.4, -0.2) is 35.2 Å². The number of hydrogen-bond acceptors (Lipinski definition) is 3. The summed E-state index contributed by atoms with van der Waals surface area (Å²) in [6.07, 6.45) is 2.89. The highest BCUT2D eigenvalue weighted by Gasteiger charge is 2.53. The molecular weight excluding hydrogens is 286 g/mol. The number of hydrogen-bond donors (Lipinski definition) is 0. The van der Waals surface area contributed by atoms with Gasteiger partial charge in [0.15, 0.2) is 6.79 Å². The van der Waals surface area contributed by atoms with Gasteiger partial charge in [-0.2, -0.15) is 0 Å². The minimum Gasteiger partial charge on any atom is -0.487 e. The highest BCUT2D eigenvalue weighted by atomic mass is 16.7. The van der Waals surface area contributed by atoms with Crippen molar-refractivity contribution in [2.24, 2.45) is 11.3 Å². The molecule has 1 heterocycles. The van der Waals surface area contributed by atoms with Gasteiger partial charge in [-0.1, -0.05) is 31.5 Å². The molecule has 1 fully saturated rings. The molecule has 0 N–H and O–H groups in total. The monoisotopic (exact) mass is 310 g/mol. The van der Waals surface area contributed by atoms with Gasteiger partial charge in [0.25, 0.3) is 0 Å². The molecule has 0 spiro atoms. The third kappa shape index (κ3) is 2.77. The summed E-state index contributed by atoms with van der Waals surface area (Å²) in [7, 11) is 14.1. The summed E-state index contributed by atoms with van der Waals surface area (Å²) in [6.45, 7) is 6.91. The van der Waals surface area contributed by atoms with Crippen LogP contribution in [-0.2, 0) is 11.2 Å². The molecule has 120 valence electrons. The lowest BCUT2D eigenvalue weighted by Gasteiger charge is -2.56. The number of rotatable bonds is 3. The maximum atomic E-state index is 6.43. The summed E-state index contributed by atoms with van der Waals surface area (Å²) in [5.41, 5.74) is 1.55. The Morgan fingerprint density at radius 3 is 2.74 bits per heavy atom. The summed E-state index contributed by atoms with van der Waals surface area (Å²) in [6, 6.07) is 3.86. The van der Waals surface area contributed by atoms with Crippen molar-refractivity contribution in [3.8, 4) is 11.5 Å². The van der Waals surface area contributed by atoms with E-state index in [1.165, 1.54) is 0 Å². The zero-order valence-electron chi connectivity index (χ0n) is 14.5. The van der Waals surface area contributed by atoms with E-state index in [9.17, 15) is 0 Å². The molecule has 0 amide bonds. The molecule has 0 aromatic heterocycles. The van der Waals surface area contributed by atoms with Gasteiger partial charge >= 0.3 is 0 Å². The first kappa shape index (κ1) is 16.8. The molecule has 0 bridgehead atoms. The van der Waals surface area contributed by atoms with Crippen molar-refractivity contribution >= 4 is 21.2 Å². The second-order valence-corrected chi connectivity index (χ2v) is 7.69. The molecule has 23 heavy (non-hydrogen) atoms. The average Bonchev–Trinajstić information content (AvgIpc) is 2.49. The zero-order chi connectivity index (χ0) is 16.8. The SMILES string of the molecule is [B]c1cc2c(cc1OCOC)CC1C(C)(C)[C@@H]([B])CC[C@]1(C)O2. The summed E-state index contributed by atoms with van der Waals surface area (Å²) in [5.74, 6) is 2.09. The maximum absolute atomic E-state index is 6.43. The average molecular weight is 310 g/mol. The molecule has 3 rings (SSSR count). The van der Waals surface area contributed by atoms with Gasteiger partial charge in [-0.3, -0.25) is 0 Å². The first-order valence-corrected chi connectivity index (χ1v) is 8.26. The fourth-order valence-electron chi connectivity index (χ4n) is 4.23. The lowest BCUT2D eigenvalue weighted by atomic mass is 9.49. The molecule has 1 saturated carbocycles. The lowest BCUT2D eigenvalue weighted by molar-refractivity contribution is -0.0809. The fourth-order valence-corrected chi connectivity index (χ4v) is 4.23. The number of ether oxygens (including phenoxy) is 3. The van der Waals surface area contributed by atoms with Crippen molar-refractivity contribution in [3.05, 3.63) is 17.7 Å². The molecule has 1 aromatic carbocycles. The smallest absolute Gasteiger partial charge is 0.188 e. The van der Waals surface area contributed by atoms with Crippen molar-refractivity contribution in [2.45, 2.75) is 51.5 Å². The Balaban J connectivity index is 1.97. The van der Waals surface area contributed by atoms with E-state index < -0.39 is 0 Å². The van der Waals surface area contributed by atoms with Crippen LogP contribution in [0, 0.1) is 11.3 Å². The van der Waals surface area contributed by atoms with Crippen molar-refractivity contribution in [1.82, 2.24) is 0 Å². The Morgan fingerprint density at radius 1 is 1.30 bits per heavy atom. The maximum Gasteiger partial charge on any atom is 0.188 e. The van der Waals surface area contributed by atoms with E-state index in [2.05, 4.69) is 20.8 Å². The molecule has 3 atom stereocenters. The second kappa shape index (κ2) is 5.77. The van der Waals surface area contributed by atoms with Crippen LogP contribution >= 0.6 is 0 Å². The van der Waals surface area contributed by atoms with Crippen LogP contribution in [0.1, 0.15) is 39.2 Å². The van der Waals surface area contributed by atoms with E-state index in [1.807, 2.05) is 12.1 Å². The molecule has 1 aliphatic carbocycles. The van der Waals surface area contributed by atoms with Crippen LogP contribution in [0.5, 0.6) is 11.5 Å². The minimum atomic E-state index is -0.187. The first-order valence-electron chi connectivity index (χ1n) is 8.26.